The summed E-state index contributed by atoms with van der Waals surface area (Å²) in [5.41, 5.74) is -0.571. The maximum atomic E-state index is 13.5. The van der Waals surface area contributed by atoms with E-state index in [1.165, 1.54) is 14.0 Å². The van der Waals surface area contributed by atoms with Crippen molar-refractivity contribution in [2.45, 2.75) is 12.8 Å². The highest BCUT2D eigenvalue weighted by Crippen LogP contribution is 2.33. The molecule has 0 spiro atoms. The molecule has 0 saturated heterocycles. The third kappa shape index (κ3) is 2.49. The standard InChI is InChI=1S/C10H10FNO5/c1-5(10(13)14)7-3-6(12(15)16)4-8(11)9(7)17-2/h3-5H,1-2H3,(H,13,14). The molecule has 1 rings (SSSR count). The van der Waals surface area contributed by atoms with E-state index in [9.17, 15) is 19.3 Å². The van der Waals surface area contributed by atoms with E-state index in [0.717, 1.165) is 6.07 Å². The zero-order chi connectivity index (χ0) is 13.2. The van der Waals surface area contributed by atoms with Crippen LogP contribution in [0.15, 0.2) is 12.1 Å². The molecule has 1 N–H and O–H groups in total. The largest absolute Gasteiger partial charge is 0.493 e. The SMILES string of the molecule is COc1c(F)cc([N+](=O)[O-])cc1C(C)C(=O)O. The van der Waals surface area contributed by atoms with Gasteiger partial charge in [0, 0.05) is 11.6 Å². The molecule has 0 fully saturated rings. The molecule has 0 aromatic heterocycles. The molecule has 1 aromatic carbocycles. The molecule has 7 heteroatoms. The van der Waals surface area contributed by atoms with Gasteiger partial charge in [0.1, 0.15) is 0 Å². The van der Waals surface area contributed by atoms with Crippen molar-refractivity contribution < 1.29 is 24.0 Å². The highest BCUT2D eigenvalue weighted by Gasteiger charge is 2.24. The van der Waals surface area contributed by atoms with Crippen LogP contribution in [0, 0.1) is 15.9 Å². The summed E-state index contributed by atoms with van der Waals surface area (Å²) in [5, 5.41) is 19.4. The Labute approximate surface area is 95.8 Å². The second kappa shape index (κ2) is 4.77. The average molecular weight is 243 g/mol. The number of halogens is 1. The average Bonchev–Trinajstić information content (AvgIpc) is 2.26. The summed E-state index contributed by atoms with van der Waals surface area (Å²) in [4.78, 5) is 20.6. The first-order valence-corrected chi connectivity index (χ1v) is 4.63. The Morgan fingerprint density at radius 2 is 2.18 bits per heavy atom. The molecule has 92 valence electrons. The van der Waals surface area contributed by atoms with E-state index in [2.05, 4.69) is 0 Å². The lowest BCUT2D eigenvalue weighted by Crippen LogP contribution is -2.10. The molecule has 0 heterocycles. The van der Waals surface area contributed by atoms with Crippen LogP contribution in [0.3, 0.4) is 0 Å². The molecule has 0 aliphatic heterocycles. The van der Waals surface area contributed by atoms with Crippen molar-refractivity contribution in [1.82, 2.24) is 0 Å². The summed E-state index contributed by atoms with van der Waals surface area (Å²) in [6.45, 7) is 1.29. The second-order valence-electron chi connectivity index (χ2n) is 3.37. The highest BCUT2D eigenvalue weighted by atomic mass is 19.1. The zero-order valence-electron chi connectivity index (χ0n) is 9.14. The van der Waals surface area contributed by atoms with Crippen molar-refractivity contribution in [3.63, 3.8) is 0 Å². The number of methoxy groups -OCH3 is 1. The van der Waals surface area contributed by atoms with Gasteiger partial charge in [-0.25, -0.2) is 4.39 Å². The lowest BCUT2D eigenvalue weighted by Gasteiger charge is -2.12. The topological polar surface area (TPSA) is 89.7 Å². The van der Waals surface area contributed by atoms with Gasteiger partial charge in [0.25, 0.3) is 5.69 Å². The van der Waals surface area contributed by atoms with Crippen molar-refractivity contribution >= 4 is 11.7 Å². The van der Waals surface area contributed by atoms with E-state index in [1.807, 2.05) is 0 Å². The molecule has 0 amide bonds. The van der Waals surface area contributed by atoms with Crippen molar-refractivity contribution in [1.29, 1.82) is 0 Å². The van der Waals surface area contributed by atoms with Gasteiger partial charge >= 0.3 is 5.97 Å². The van der Waals surface area contributed by atoms with Crippen LogP contribution >= 0.6 is 0 Å². The van der Waals surface area contributed by atoms with Gasteiger partial charge in [-0.15, -0.1) is 0 Å². The Bertz CT molecular complexity index is 474. The second-order valence-corrected chi connectivity index (χ2v) is 3.37. The van der Waals surface area contributed by atoms with Crippen molar-refractivity contribution in [3.05, 3.63) is 33.6 Å². The van der Waals surface area contributed by atoms with Crippen LogP contribution in [-0.4, -0.2) is 23.1 Å². The molecule has 17 heavy (non-hydrogen) atoms. The maximum Gasteiger partial charge on any atom is 0.310 e. The number of hydrogen-bond donors (Lipinski definition) is 1. The number of aliphatic carboxylic acids is 1. The number of carbonyl (C=O) groups is 1. The molecule has 0 radical (unpaired) electrons. The first-order chi connectivity index (χ1) is 7.88. The number of carboxylic acids is 1. The minimum atomic E-state index is -1.22. The van der Waals surface area contributed by atoms with E-state index in [4.69, 9.17) is 9.84 Å². The molecule has 1 unspecified atom stereocenters. The van der Waals surface area contributed by atoms with Crippen molar-refractivity contribution in [2.24, 2.45) is 0 Å². The van der Waals surface area contributed by atoms with E-state index < -0.39 is 28.3 Å². The number of non-ortho nitro benzene ring substituents is 1. The van der Waals surface area contributed by atoms with Crippen LogP contribution < -0.4 is 4.74 Å². The Kier molecular flexibility index (Phi) is 3.62. The number of benzene rings is 1. The predicted molar refractivity (Wildman–Crippen MR) is 55.7 cm³/mol. The van der Waals surface area contributed by atoms with Crippen molar-refractivity contribution in [3.8, 4) is 5.75 Å². The van der Waals surface area contributed by atoms with Gasteiger partial charge in [0.05, 0.1) is 24.0 Å². The molecular formula is C10H10FNO5. The van der Waals surface area contributed by atoms with Crippen LogP contribution in [0.1, 0.15) is 18.4 Å². The number of nitrogens with zero attached hydrogens (tertiary/aromatic N) is 1. The van der Waals surface area contributed by atoms with Crippen LogP contribution in [0.25, 0.3) is 0 Å². The first-order valence-electron chi connectivity index (χ1n) is 4.63. The van der Waals surface area contributed by atoms with Crippen LogP contribution in [-0.2, 0) is 4.79 Å². The Morgan fingerprint density at radius 3 is 2.59 bits per heavy atom. The molecule has 0 aliphatic carbocycles. The smallest absolute Gasteiger partial charge is 0.310 e. The van der Waals surface area contributed by atoms with Gasteiger partial charge in [-0.2, -0.15) is 0 Å². The van der Waals surface area contributed by atoms with E-state index >= 15 is 0 Å². The molecule has 1 atom stereocenters. The lowest BCUT2D eigenvalue weighted by molar-refractivity contribution is -0.385. The van der Waals surface area contributed by atoms with Gasteiger partial charge in [0.2, 0.25) is 0 Å². The summed E-state index contributed by atoms with van der Waals surface area (Å²) in [5.74, 6) is -3.56. The van der Waals surface area contributed by atoms with Crippen LogP contribution in [0.2, 0.25) is 0 Å². The van der Waals surface area contributed by atoms with E-state index in [0.29, 0.717) is 6.07 Å². The highest BCUT2D eigenvalue weighted by molar-refractivity contribution is 5.77. The fourth-order valence-electron chi connectivity index (χ4n) is 1.38. The molecule has 0 saturated carbocycles. The third-order valence-corrected chi connectivity index (χ3v) is 2.31. The lowest BCUT2D eigenvalue weighted by atomic mass is 9.99. The molecule has 6 nitrogen and oxygen atoms in total. The number of ether oxygens (including phenoxy) is 1. The zero-order valence-corrected chi connectivity index (χ0v) is 9.14. The minimum absolute atomic E-state index is 0.0632. The first kappa shape index (κ1) is 12.9. The van der Waals surface area contributed by atoms with E-state index in [1.54, 1.807) is 0 Å². The normalized spacial score (nSPS) is 11.9. The van der Waals surface area contributed by atoms with Crippen LogP contribution in [0.5, 0.6) is 5.75 Å². The maximum absolute atomic E-state index is 13.5. The minimum Gasteiger partial charge on any atom is -0.493 e. The van der Waals surface area contributed by atoms with Gasteiger partial charge in [-0.1, -0.05) is 0 Å². The van der Waals surface area contributed by atoms with E-state index in [-0.39, 0.29) is 11.3 Å². The Balaban J connectivity index is 3.43. The molecule has 1 aromatic rings. The summed E-state index contributed by atoms with van der Waals surface area (Å²) in [6, 6.07) is 1.69. The number of rotatable bonds is 4. The van der Waals surface area contributed by atoms with Crippen LogP contribution in [0.4, 0.5) is 10.1 Å². The van der Waals surface area contributed by atoms with Crippen molar-refractivity contribution in [2.75, 3.05) is 7.11 Å². The number of nitro groups is 1. The Morgan fingerprint density at radius 1 is 1.59 bits per heavy atom. The quantitative estimate of drug-likeness (QED) is 0.644. The van der Waals surface area contributed by atoms with Gasteiger partial charge in [0.15, 0.2) is 11.6 Å². The molecular weight excluding hydrogens is 233 g/mol. The predicted octanol–water partition coefficient (Wildman–Crippen LogP) is 1.93. The fraction of sp³-hybridized carbons (Fsp3) is 0.300. The Hall–Kier alpha value is -2.18. The number of nitro benzene ring substituents is 1. The number of hydrogen-bond acceptors (Lipinski definition) is 4. The molecule has 0 aliphatic rings. The molecule has 0 bridgehead atoms. The number of carboxylic acid groups (broad SMARTS) is 1. The van der Waals surface area contributed by atoms with Gasteiger partial charge < -0.3 is 9.84 Å². The summed E-state index contributed by atoms with van der Waals surface area (Å²) in [7, 11) is 1.17. The summed E-state index contributed by atoms with van der Waals surface area (Å²) < 4.78 is 18.2. The fourth-order valence-corrected chi connectivity index (χ4v) is 1.38. The summed E-state index contributed by atoms with van der Waals surface area (Å²) in [6.07, 6.45) is 0. The van der Waals surface area contributed by atoms with Gasteiger partial charge in [-0.05, 0) is 6.92 Å². The third-order valence-electron chi connectivity index (χ3n) is 2.31. The summed E-state index contributed by atoms with van der Waals surface area (Å²) >= 11 is 0. The van der Waals surface area contributed by atoms with Gasteiger partial charge in [-0.3, -0.25) is 14.9 Å². The monoisotopic (exact) mass is 243 g/mol.